The average Bonchev–Trinajstić information content (AvgIpc) is 2.95. The maximum Gasteiger partial charge on any atom is 0.267 e. The third-order valence-electron chi connectivity index (χ3n) is 4.40. The number of nitrogens with zero attached hydrogens (tertiary/aromatic N) is 1. The normalized spacial score (nSPS) is 18.2. The molecule has 1 aromatic carbocycles. The smallest absolute Gasteiger partial charge is 0.267 e. The van der Waals surface area contributed by atoms with Crippen LogP contribution in [-0.4, -0.2) is 46.7 Å². The number of carbonyl (C=O) groups is 1. The molecule has 0 radical (unpaired) electrons. The molecule has 1 aliphatic rings. The van der Waals surface area contributed by atoms with Crippen LogP contribution < -0.4 is 5.32 Å². The number of hydrogen-bond donors (Lipinski definition) is 3. The predicted octanol–water partition coefficient (Wildman–Crippen LogP) is 2.57. The van der Waals surface area contributed by atoms with Crippen molar-refractivity contribution >= 4 is 5.91 Å². The number of nitrogens with one attached hydrogen (secondary N) is 1. The van der Waals surface area contributed by atoms with E-state index >= 15 is 0 Å². The van der Waals surface area contributed by atoms with E-state index in [1.165, 1.54) is 12.1 Å². The summed E-state index contributed by atoms with van der Waals surface area (Å²) in [5, 5.41) is 21.9. The van der Waals surface area contributed by atoms with Crippen molar-refractivity contribution < 1.29 is 23.8 Å². The zero-order chi connectivity index (χ0) is 17.7. The monoisotopic (exact) mass is 342 g/mol. The molecule has 1 amide bonds. The molecule has 7 heteroatoms. The molecular weight excluding hydrogens is 318 g/mol. The Kier molecular flexibility index (Phi) is 6.36. The van der Waals surface area contributed by atoms with E-state index in [1.807, 2.05) is 6.92 Å². The molecule has 0 unspecified atom stereocenters. The van der Waals surface area contributed by atoms with Crippen LogP contribution in [0.25, 0.3) is 0 Å². The maximum atomic E-state index is 12.9. The lowest BCUT2D eigenvalue weighted by Crippen LogP contribution is -2.36. The van der Waals surface area contributed by atoms with Crippen LogP contribution in [0.3, 0.4) is 0 Å². The summed E-state index contributed by atoms with van der Waals surface area (Å²) in [5.41, 5.74) is -0.00504. The first-order chi connectivity index (χ1) is 11.4. The minimum absolute atomic E-state index is 0.0247. The number of hydrogen-bond acceptors (Lipinski definition) is 4. The van der Waals surface area contributed by atoms with E-state index in [0.29, 0.717) is 31.5 Å². The molecule has 5 nitrogen and oxygen atoms in total. The summed E-state index contributed by atoms with van der Waals surface area (Å²) < 4.78 is 25.8. The van der Waals surface area contributed by atoms with Gasteiger partial charge in [0.05, 0.1) is 5.56 Å². The van der Waals surface area contributed by atoms with Crippen LogP contribution in [0.2, 0.25) is 0 Å². The van der Waals surface area contributed by atoms with E-state index in [4.69, 9.17) is 0 Å². The first-order valence-electron chi connectivity index (χ1n) is 8.26. The lowest BCUT2D eigenvalue weighted by molar-refractivity contribution is -0.122. The van der Waals surface area contributed by atoms with Crippen LogP contribution in [0, 0.1) is 0 Å². The summed E-state index contributed by atoms with van der Waals surface area (Å²) >= 11 is 0. The zero-order valence-electron chi connectivity index (χ0n) is 13.8. The third kappa shape index (κ3) is 4.56. The van der Waals surface area contributed by atoms with Gasteiger partial charge in [0.2, 0.25) is 5.91 Å². The number of benzene rings is 1. The average molecular weight is 342 g/mol. The molecule has 24 heavy (non-hydrogen) atoms. The number of alkyl halides is 2. The summed E-state index contributed by atoms with van der Waals surface area (Å²) in [4.78, 5) is 13.9. The highest BCUT2D eigenvalue weighted by Crippen LogP contribution is 2.36. The minimum Gasteiger partial charge on any atom is -0.504 e. The summed E-state index contributed by atoms with van der Waals surface area (Å²) in [6.45, 7) is 3.98. The molecule has 1 heterocycles. The van der Waals surface area contributed by atoms with E-state index in [-0.39, 0.29) is 11.9 Å². The molecule has 134 valence electrons. The fraction of sp³-hybridized carbons (Fsp3) is 0.588. The van der Waals surface area contributed by atoms with Crippen LogP contribution in [0.15, 0.2) is 12.1 Å². The maximum absolute atomic E-state index is 12.9. The Morgan fingerprint density at radius 3 is 2.83 bits per heavy atom. The van der Waals surface area contributed by atoms with Gasteiger partial charge in [0.1, 0.15) is 0 Å². The molecule has 0 saturated carbocycles. The van der Waals surface area contributed by atoms with Gasteiger partial charge in [-0.15, -0.1) is 0 Å². The molecular formula is C17H24F2N2O3. The second-order valence-corrected chi connectivity index (χ2v) is 6.09. The lowest BCUT2D eigenvalue weighted by Gasteiger charge is -2.24. The molecule has 1 fully saturated rings. The van der Waals surface area contributed by atoms with E-state index < -0.39 is 23.5 Å². The highest BCUT2D eigenvalue weighted by Gasteiger charge is 2.26. The van der Waals surface area contributed by atoms with Crippen LogP contribution in [0.1, 0.15) is 43.7 Å². The van der Waals surface area contributed by atoms with Gasteiger partial charge in [0.15, 0.2) is 11.5 Å². The van der Waals surface area contributed by atoms with Crippen molar-refractivity contribution in [3.8, 4) is 11.5 Å². The lowest BCUT2D eigenvalue weighted by atomic mass is 10.1. The van der Waals surface area contributed by atoms with Gasteiger partial charge in [-0.2, -0.15) is 0 Å². The van der Waals surface area contributed by atoms with Crippen molar-refractivity contribution in [2.45, 2.75) is 45.1 Å². The summed E-state index contributed by atoms with van der Waals surface area (Å²) in [5.74, 6) is -1.26. The van der Waals surface area contributed by atoms with Crippen molar-refractivity contribution in [3.63, 3.8) is 0 Å². The third-order valence-corrected chi connectivity index (χ3v) is 4.40. The highest BCUT2D eigenvalue weighted by atomic mass is 19.3. The summed E-state index contributed by atoms with van der Waals surface area (Å²) in [6.07, 6.45) is 0.0252. The number of likely N-dealkylation sites (tertiary alicyclic amines) is 1. The first kappa shape index (κ1) is 18.4. The van der Waals surface area contributed by atoms with Crippen molar-refractivity contribution in [2.24, 2.45) is 0 Å². The number of carbonyl (C=O) groups excluding carboxylic acids is 1. The predicted molar refractivity (Wildman–Crippen MR) is 86.3 cm³/mol. The molecule has 0 aliphatic carbocycles. The quantitative estimate of drug-likeness (QED) is 0.666. The van der Waals surface area contributed by atoms with Crippen LogP contribution >= 0.6 is 0 Å². The van der Waals surface area contributed by atoms with E-state index in [2.05, 4.69) is 10.2 Å². The van der Waals surface area contributed by atoms with Gasteiger partial charge < -0.3 is 15.5 Å². The van der Waals surface area contributed by atoms with Gasteiger partial charge in [0, 0.05) is 25.6 Å². The van der Waals surface area contributed by atoms with Crippen LogP contribution in [0.4, 0.5) is 8.78 Å². The molecule has 1 atom stereocenters. The van der Waals surface area contributed by atoms with Crippen molar-refractivity contribution in [2.75, 3.05) is 19.6 Å². The summed E-state index contributed by atoms with van der Waals surface area (Å²) in [7, 11) is 0. The Labute approximate surface area is 140 Å². The molecule has 2 rings (SSSR count). The number of amides is 1. The Hall–Kier alpha value is -1.89. The van der Waals surface area contributed by atoms with Gasteiger partial charge >= 0.3 is 0 Å². The fourth-order valence-corrected chi connectivity index (χ4v) is 3.19. The second kappa shape index (κ2) is 8.28. The van der Waals surface area contributed by atoms with Crippen molar-refractivity contribution in [1.29, 1.82) is 0 Å². The van der Waals surface area contributed by atoms with Gasteiger partial charge in [-0.05, 0) is 50.4 Å². The van der Waals surface area contributed by atoms with Crippen LogP contribution in [-0.2, 0) is 11.2 Å². The van der Waals surface area contributed by atoms with Gasteiger partial charge in [0.25, 0.3) is 6.43 Å². The van der Waals surface area contributed by atoms with E-state index in [0.717, 1.165) is 19.4 Å². The molecule has 1 aliphatic heterocycles. The first-order valence-corrected chi connectivity index (χ1v) is 8.26. The molecule has 0 spiro atoms. The van der Waals surface area contributed by atoms with E-state index in [1.54, 1.807) is 0 Å². The second-order valence-electron chi connectivity index (χ2n) is 6.09. The van der Waals surface area contributed by atoms with Crippen molar-refractivity contribution in [1.82, 2.24) is 10.2 Å². The Balaban J connectivity index is 1.98. The molecule has 3 N–H and O–H groups in total. The van der Waals surface area contributed by atoms with Gasteiger partial charge in [-0.1, -0.05) is 0 Å². The van der Waals surface area contributed by atoms with Crippen LogP contribution in [0.5, 0.6) is 11.5 Å². The number of aromatic hydroxyl groups is 2. The van der Waals surface area contributed by atoms with Crippen molar-refractivity contribution in [3.05, 3.63) is 23.3 Å². The Bertz CT molecular complexity index is 581. The largest absolute Gasteiger partial charge is 0.504 e. The summed E-state index contributed by atoms with van der Waals surface area (Å²) in [6, 6.07) is 2.71. The standard InChI is InChI=1S/C17H24F2N2O3/c1-2-20-15(23)10-12-4-3-6-21(12)7-5-11-8-13(17(18)19)16(24)14(22)9-11/h8-9,12,17,22,24H,2-7,10H2,1H3,(H,20,23)/t12-/m1/s1. The molecule has 1 saturated heterocycles. The number of phenolic OH excluding ortho intramolecular Hbond substituents is 2. The molecule has 1 aromatic rings. The Morgan fingerprint density at radius 1 is 1.42 bits per heavy atom. The topological polar surface area (TPSA) is 72.8 Å². The molecule has 0 bridgehead atoms. The minimum atomic E-state index is -2.84. The van der Waals surface area contributed by atoms with E-state index in [9.17, 15) is 23.8 Å². The zero-order valence-corrected chi connectivity index (χ0v) is 13.8. The highest BCUT2D eigenvalue weighted by molar-refractivity contribution is 5.76. The Morgan fingerprint density at radius 2 is 2.17 bits per heavy atom. The fourth-order valence-electron chi connectivity index (χ4n) is 3.19. The van der Waals surface area contributed by atoms with Gasteiger partial charge in [-0.3, -0.25) is 9.69 Å². The number of phenols is 2. The van der Waals surface area contributed by atoms with Gasteiger partial charge in [-0.25, -0.2) is 8.78 Å². The molecule has 0 aromatic heterocycles. The number of rotatable bonds is 7. The number of halogens is 2. The SMILES string of the molecule is CCNC(=O)C[C@H]1CCCN1CCc1cc(O)c(O)c(C(F)F)c1.